The van der Waals surface area contributed by atoms with Gasteiger partial charge in [-0.05, 0) is 36.4 Å². The molecule has 2 heterocycles. The van der Waals surface area contributed by atoms with Gasteiger partial charge in [0.15, 0.2) is 5.13 Å². The molecule has 0 radical (unpaired) electrons. The molecule has 0 aliphatic heterocycles. The number of halogens is 2. The molecule has 0 fully saturated rings. The number of amides is 1. The topological polar surface area (TPSA) is 115 Å². The minimum absolute atomic E-state index is 0.0762. The lowest BCUT2D eigenvalue weighted by atomic mass is 10.1. The van der Waals surface area contributed by atoms with Crippen molar-refractivity contribution in [1.29, 1.82) is 0 Å². The van der Waals surface area contributed by atoms with Crippen LogP contribution < -0.4 is 16.4 Å². The van der Waals surface area contributed by atoms with Crippen LogP contribution in [0.15, 0.2) is 55.0 Å². The van der Waals surface area contributed by atoms with E-state index in [2.05, 4.69) is 20.6 Å². The number of carbonyl (C=O) groups excluding carboxylic acids is 2. The van der Waals surface area contributed by atoms with E-state index in [1.54, 1.807) is 36.8 Å². The van der Waals surface area contributed by atoms with Gasteiger partial charge in [0.05, 0.1) is 24.1 Å². The molecule has 0 atom stereocenters. The number of rotatable bonds is 7. The summed E-state index contributed by atoms with van der Waals surface area (Å²) in [7, 11) is 1.84. The number of hydrogen-bond donors (Lipinski definition) is 3. The number of imidazole rings is 1. The Balaban J connectivity index is 1.44. The molecule has 11 heteroatoms. The molecule has 0 aliphatic carbocycles. The molecule has 0 bridgehead atoms. The van der Waals surface area contributed by atoms with E-state index >= 15 is 0 Å². The van der Waals surface area contributed by atoms with Crippen LogP contribution >= 0.6 is 11.3 Å². The lowest BCUT2D eigenvalue weighted by Gasteiger charge is -2.07. The van der Waals surface area contributed by atoms with Gasteiger partial charge in [-0.1, -0.05) is 17.4 Å². The first-order chi connectivity index (χ1) is 15.8. The van der Waals surface area contributed by atoms with Crippen LogP contribution in [-0.2, 0) is 13.6 Å². The van der Waals surface area contributed by atoms with E-state index in [4.69, 9.17) is 5.73 Å². The van der Waals surface area contributed by atoms with Gasteiger partial charge in [0.25, 0.3) is 5.91 Å². The Labute approximate surface area is 191 Å². The number of aryl methyl sites for hydroxylation is 1. The summed E-state index contributed by atoms with van der Waals surface area (Å²) in [6.45, 7) is 0.340. The number of aromatic nitrogens is 3. The fraction of sp³-hybridized carbons (Fsp3) is 0.0909. The van der Waals surface area contributed by atoms with E-state index in [9.17, 15) is 18.4 Å². The number of ketones is 1. The zero-order valence-electron chi connectivity index (χ0n) is 17.3. The van der Waals surface area contributed by atoms with Gasteiger partial charge in [0, 0.05) is 24.5 Å². The van der Waals surface area contributed by atoms with E-state index in [1.165, 1.54) is 6.07 Å². The first-order valence-corrected chi connectivity index (χ1v) is 10.5. The van der Waals surface area contributed by atoms with Crippen molar-refractivity contribution in [2.75, 3.05) is 11.1 Å². The standard InChI is InChI=1S/C22H18F2N6O2S/c1-30-11-26-9-14(30)10-27-21(32)12-5-7-13(8-6-12)28-22-29-20(25)19(33-22)18(31)17-15(23)3-2-4-16(17)24/h2-9,11H,10,25H2,1H3,(H,27,32)(H,28,29). The number of anilines is 3. The highest BCUT2D eigenvalue weighted by Gasteiger charge is 2.24. The predicted molar refractivity (Wildman–Crippen MR) is 120 cm³/mol. The number of benzene rings is 2. The molecule has 0 saturated carbocycles. The van der Waals surface area contributed by atoms with Crippen LogP contribution in [-0.4, -0.2) is 26.2 Å². The second kappa shape index (κ2) is 9.17. The lowest BCUT2D eigenvalue weighted by Crippen LogP contribution is -2.23. The van der Waals surface area contributed by atoms with Crippen molar-refractivity contribution in [1.82, 2.24) is 19.9 Å². The van der Waals surface area contributed by atoms with Crippen LogP contribution in [0.5, 0.6) is 0 Å². The summed E-state index contributed by atoms with van der Waals surface area (Å²) in [5.41, 5.74) is 7.04. The van der Waals surface area contributed by atoms with Gasteiger partial charge in [-0.3, -0.25) is 9.59 Å². The average molecular weight is 468 g/mol. The maximum atomic E-state index is 14.0. The smallest absolute Gasteiger partial charge is 0.251 e. The summed E-state index contributed by atoms with van der Waals surface area (Å²) in [6, 6.07) is 9.75. The molecule has 0 spiro atoms. The Bertz CT molecular complexity index is 1310. The molecular weight excluding hydrogens is 450 g/mol. The maximum Gasteiger partial charge on any atom is 0.251 e. The van der Waals surface area contributed by atoms with Crippen molar-refractivity contribution in [3.05, 3.63) is 88.3 Å². The van der Waals surface area contributed by atoms with Gasteiger partial charge < -0.3 is 20.9 Å². The largest absolute Gasteiger partial charge is 0.382 e. The number of thiazole rings is 1. The Morgan fingerprint density at radius 2 is 1.82 bits per heavy atom. The van der Waals surface area contributed by atoms with Gasteiger partial charge >= 0.3 is 0 Å². The second-order valence-corrected chi connectivity index (χ2v) is 8.04. The monoisotopic (exact) mass is 468 g/mol. The number of nitrogen functional groups attached to an aromatic ring is 1. The van der Waals surface area contributed by atoms with Gasteiger partial charge in [0.1, 0.15) is 22.3 Å². The number of nitrogens with one attached hydrogen (secondary N) is 2. The summed E-state index contributed by atoms with van der Waals surface area (Å²) < 4.78 is 29.7. The zero-order chi connectivity index (χ0) is 23.5. The molecule has 0 unspecified atom stereocenters. The average Bonchev–Trinajstić information content (AvgIpc) is 3.37. The van der Waals surface area contributed by atoms with Gasteiger partial charge in [0.2, 0.25) is 5.78 Å². The van der Waals surface area contributed by atoms with E-state index in [-0.39, 0.29) is 21.7 Å². The van der Waals surface area contributed by atoms with Crippen LogP contribution in [0, 0.1) is 11.6 Å². The lowest BCUT2D eigenvalue weighted by molar-refractivity contribution is 0.0949. The molecule has 0 aliphatic rings. The third-order valence-electron chi connectivity index (χ3n) is 4.79. The van der Waals surface area contributed by atoms with Crippen molar-refractivity contribution in [2.24, 2.45) is 7.05 Å². The third kappa shape index (κ3) is 4.72. The van der Waals surface area contributed by atoms with Gasteiger partial charge in [-0.2, -0.15) is 0 Å². The summed E-state index contributed by atoms with van der Waals surface area (Å²) >= 11 is 0.875. The fourth-order valence-corrected chi connectivity index (χ4v) is 3.88. The highest BCUT2D eigenvalue weighted by molar-refractivity contribution is 7.18. The summed E-state index contributed by atoms with van der Waals surface area (Å²) in [6.07, 6.45) is 3.33. The first kappa shape index (κ1) is 22.1. The molecule has 1 amide bonds. The zero-order valence-corrected chi connectivity index (χ0v) is 18.1. The number of nitrogens with zero attached hydrogens (tertiary/aromatic N) is 3. The SMILES string of the molecule is Cn1cncc1CNC(=O)c1ccc(Nc2nc(N)c(C(=O)c3c(F)cccc3F)s2)cc1. The van der Waals surface area contributed by atoms with E-state index in [0.717, 1.165) is 29.2 Å². The predicted octanol–water partition coefficient (Wildman–Crippen LogP) is 3.64. The van der Waals surface area contributed by atoms with Crippen molar-refractivity contribution in [2.45, 2.75) is 6.54 Å². The summed E-state index contributed by atoms with van der Waals surface area (Å²) in [5.74, 6) is -3.21. The van der Waals surface area contributed by atoms with Crippen molar-refractivity contribution < 1.29 is 18.4 Å². The van der Waals surface area contributed by atoms with Gasteiger partial charge in [-0.25, -0.2) is 18.7 Å². The molecule has 2 aromatic heterocycles. The molecule has 0 saturated heterocycles. The third-order valence-corrected chi connectivity index (χ3v) is 5.78. The van der Waals surface area contributed by atoms with E-state index in [1.807, 2.05) is 11.6 Å². The quantitative estimate of drug-likeness (QED) is 0.357. The molecular formula is C22H18F2N6O2S. The van der Waals surface area contributed by atoms with E-state index < -0.39 is 23.0 Å². The Morgan fingerprint density at radius 3 is 2.45 bits per heavy atom. The summed E-state index contributed by atoms with van der Waals surface area (Å²) in [4.78, 5) is 32.9. The molecule has 2 aromatic carbocycles. The molecule has 4 N–H and O–H groups in total. The molecule has 33 heavy (non-hydrogen) atoms. The highest BCUT2D eigenvalue weighted by Crippen LogP contribution is 2.31. The van der Waals surface area contributed by atoms with Crippen LogP contribution in [0.2, 0.25) is 0 Å². The minimum atomic E-state index is -0.973. The molecule has 4 rings (SSSR count). The fourth-order valence-electron chi connectivity index (χ4n) is 3.03. The first-order valence-electron chi connectivity index (χ1n) is 9.69. The van der Waals surface area contributed by atoms with E-state index in [0.29, 0.717) is 17.8 Å². The van der Waals surface area contributed by atoms with Crippen LogP contribution in [0.4, 0.5) is 25.4 Å². The normalized spacial score (nSPS) is 10.8. The minimum Gasteiger partial charge on any atom is -0.382 e. The highest BCUT2D eigenvalue weighted by atomic mass is 32.1. The molecule has 8 nitrogen and oxygen atoms in total. The Hall–Kier alpha value is -4.12. The molecule has 4 aromatic rings. The van der Waals surface area contributed by atoms with Crippen LogP contribution in [0.3, 0.4) is 0 Å². The number of carbonyl (C=O) groups is 2. The maximum absolute atomic E-state index is 14.0. The van der Waals surface area contributed by atoms with Crippen LogP contribution in [0.1, 0.15) is 31.3 Å². The number of nitrogens with two attached hydrogens (primary N) is 1. The Morgan fingerprint density at radius 1 is 1.12 bits per heavy atom. The van der Waals surface area contributed by atoms with Crippen molar-refractivity contribution in [3.63, 3.8) is 0 Å². The Kier molecular flexibility index (Phi) is 6.13. The summed E-state index contributed by atoms with van der Waals surface area (Å²) in [5, 5.41) is 6.05. The van der Waals surface area contributed by atoms with Crippen LogP contribution in [0.25, 0.3) is 0 Å². The molecule has 168 valence electrons. The van der Waals surface area contributed by atoms with Crippen molar-refractivity contribution in [3.8, 4) is 0 Å². The van der Waals surface area contributed by atoms with Gasteiger partial charge in [-0.15, -0.1) is 0 Å². The second-order valence-electron chi connectivity index (χ2n) is 7.04. The number of hydrogen-bond acceptors (Lipinski definition) is 7. The van der Waals surface area contributed by atoms with Crippen molar-refractivity contribution >= 4 is 39.7 Å².